The van der Waals surface area contributed by atoms with Crippen LogP contribution >= 0.6 is 0 Å². The fraction of sp³-hybridized carbons (Fsp3) is 0.438. The van der Waals surface area contributed by atoms with Gasteiger partial charge in [-0.15, -0.1) is 0 Å². The number of ketones is 1. The van der Waals surface area contributed by atoms with Gasteiger partial charge in [0, 0.05) is 11.0 Å². The highest BCUT2D eigenvalue weighted by molar-refractivity contribution is 6.00. The minimum absolute atomic E-state index is 0.102. The quantitative estimate of drug-likeness (QED) is 0.792. The SMILES string of the molecule is C=Cc1ccc(C(=O)C23OCC(CC)(CO2)CO3)cc1. The Morgan fingerprint density at radius 3 is 2.20 bits per heavy atom. The first-order chi connectivity index (χ1) is 9.63. The molecule has 0 N–H and O–H groups in total. The predicted octanol–water partition coefficient (Wildman–Crippen LogP) is 2.64. The molecule has 3 aliphatic heterocycles. The number of Topliss-reactive ketones (excluding diaryl/α,β-unsaturated/α-hetero) is 1. The zero-order valence-corrected chi connectivity index (χ0v) is 11.6. The van der Waals surface area contributed by atoms with Crippen LogP contribution in [0.15, 0.2) is 30.8 Å². The van der Waals surface area contributed by atoms with Gasteiger partial charge >= 0.3 is 5.97 Å². The highest BCUT2D eigenvalue weighted by Crippen LogP contribution is 2.41. The lowest BCUT2D eigenvalue weighted by Crippen LogP contribution is -2.63. The van der Waals surface area contributed by atoms with E-state index in [1.54, 1.807) is 18.2 Å². The largest absolute Gasteiger partial charge is 0.351 e. The molecule has 4 rings (SSSR count). The average Bonchev–Trinajstić information content (AvgIpc) is 2.56. The Kier molecular flexibility index (Phi) is 3.24. The summed E-state index contributed by atoms with van der Waals surface area (Å²) in [5, 5.41) is 0. The molecule has 106 valence electrons. The number of fused-ring (bicyclic) bond motifs is 3. The molecule has 3 heterocycles. The summed E-state index contributed by atoms with van der Waals surface area (Å²) in [5.74, 6) is -1.83. The third kappa shape index (κ3) is 2.00. The smallest absolute Gasteiger partial charge is 0.320 e. The zero-order valence-electron chi connectivity index (χ0n) is 11.6. The van der Waals surface area contributed by atoms with Gasteiger partial charge in [-0.25, -0.2) is 0 Å². The van der Waals surface area contributed by atoms with Crippen molar-refractivity contribution in [2.75, 3.05) is 19.8 Å². The topological polar surface area (TPSA) is 44.8 Å². The van der Waals surface area contributed by atoms with E-state index in [0.29, 0.717) is 25.4 Å². The first-order valence-electron chi connectivity index (χ1n) is 6.82. The van der Waals surface area contributed by atoms with Crippen molar-refractivity contribution in [1.82, 2.24) is 0 Å². The molecule has 4 heteroatoms. The second kappa shape index (κ2) is 4.81. The molecule has 0 aliphatic carbocycles. The van der Waals surface area contributed by atoms with Crippen LogP contribution in [0, 0.1) is 5.41 Å². The normalized spacial score (nSPS) is 32.0. The summed E-state index contributed by atoms with van der Waals surface area (Å²) in [6.07, 6.45) is 2.64. The van der Waals surface area contributed by atoms with E-state index in [1.807, 2.05) is 12.1 Å². The lowest BCUT2D eigenvalue weighted by molar-refractivity contribution is -0.437. The lowest BCUT2D eigenvalue weighted by atomic mass is 9.85. The summed E-state index contributed by atoms with van der Waals surface area (Å²) in [6, 6.07) is 7.14. The van der Waals surface area contributed by atoms with E-state index in [2.05, 4.69) is 13.5 Å². The van der Waals surface area contributed by atoms with Gasteiger partial charge in [-0.3, -0.25) is 4.79 Å². The van der Waals surface area contributed by atoms with Gasteiger partial charge in [0.15, 0.2) is 0 Å². The van der Waals surface area contributed by atoms with Crippen molar-refractivity contribution in [2.45, 2.75) is 19.3 Å². The lowest BCUT2D eigenvalue weighted by Gasteiger charge is -2.50. The summed E-state index contributed by atoms with van der Waals surface area (Å²) < 4.78 is 16.9. The van der Waals surface area contributed by atoms with Gasteiger partial charge in [0.2, 0.25) is 0 Å². The van der Waals surface area contributed by atoms with Gasteiger partial charge < -0.3 is 14.2 Å². The van der Waals surface area contributed by atoms with E-state index in [1.165, 1.54) is 0 Å². The number of rotatable bonds is 4. The second-order valence-corrected chi connectivity index (χ2v) is 5.43. The standard InChI is InChI=1S/C16H18O4/c1-3-12-5-7-13(8-6-12)14(17)16-18-9-15(4-2,10-19-16)11-20-16/h3,5-8H,1,4,9-11H2,2H3. The minimum atomic E-state index is -1.55. The van der Waals surface area contributed by atoms with Gasteiger partial charge in [0.25, 0.3) is 5.78 Å². The second-order valence-electron chi connectivity index (χ2n) is 5.43. The molecular weight excluding hydrogens is 256 g/mol. The van der Waals surface area contributed by atoms with Crippen molar-refractivity contribution in [3.63, 3.8) is 0 Å². The molecule has 20 heavy (non-hydrogen) atoms. The van der Waals surface area contributed by atoms with Crippen LogP contribution in [0.5, 0.6) is 0 Å². The molecule has 0 amide bonds. The molecule has 0 saturated carbocycles. The maximum atomic E-state index is 12.6. The zero-order chi connectivity index (χ0) is 14.2. The Balaban J connectivity index is 1.82. The van der Waals surface area contributed by atoms with Gasteiger partial charge in [0.1, 0.15) is 0 Å². The Morgan fingerprint density at radius 1 is 1.20 bits per heavy atom. The molecule has 3 fully saturated rings. The summed E-state index contributed by atoms with van der Waals surface area (Å²) in [7, 11) is 0. The molecular formula is C16H18O4. The number of benzene rings is 1. The van der Waals surface area contributed by atoms with Gasteiger partial charge in [-0.1, -0.05) is 43.8 Å². The van der Waals surface area contributed by atoms with Crippen LogP contribution in [0.2, 0.25) is 0 Å². The molecule has 2 bridgehead atoms. The molecule has 0 radical (unpaired) electrons. The van der Waals surface area contributed by atoms with Crippen molar-refractivity contribution >= 4 is 11.9 Å². The van der Waals surface area contributed by atoms with E-state index in [0.717, 1.165) is 12.0 Å². The Bertz CT molecular complexity index is 507. The number of carbonyl (C=O) groups excluding carboxylic acids is 1. The molecule has 3 aliphatic rings. The maximum Gasteiger partial charge on any atom is 0.351 e. The summed E-state index contributed by atoms with van der Waals surface area (Å²) >= 11 is 0. The van der Waals surface area contributed by atoms with Gasteiger partial charge in [-0.05, 0) is 12.0 Å². The number of ether oxygens (including phenoxy) is 3. The van der Waals surface area contributed by atoms with Crippen LogP contribution in [0.1, 0.15) is 29.3 Å². The van der Waals surface area contributed by atoms with Crippen molar-refractivity contribution in [1.29, 1.82) is 0 Å². The molecule has 3 saturated heterocycles. The van der Waals surface area contributed by atoms with Crippen molar-refractivity contribution in [2.24, 2.45) is 5.41 Å². The third-order valence-electron chi connectivity index (χ3n) is 4.14. The van der Waals surface area contributed by atoms with Gasteiger partial charge in [-0.2, -0.15) is 0 Å². The van der Waals surface area contributed by atoms with Crippen LogP contribution in [0.25, 0.3) is 6.08 Å². The number of hydrogen-bond acceptors (Lipinski definition) is 4. The molecule has 0 spiro atoms. The Hall–Kier alpha value is -1.49. The van der Waals surface area contributed by atoms with Crippen molar-refractivity contribution in [3.8, 4) is 0 Å². The van der Waals surface area contributed by atoms with Crippen LogP contribution in [-0.2, 0) is 14.2 Å². The monoisotopic (exact) mass is 274 g/mol. The van der Waals surface area contributed by atoms with Crippen molar-refractivity contribution in [3.05, 3.63) is 42.0 Å². The van der Waals surface area contributed by atoms with E-state index in [4.69, 9.17) is 14.2 Å². The van der Waals surface area contributed by atoms with Crippen LogP contribution in [0.3, 0.4) is 0 Å². The van der Waals surface area contributed by atoms with E-state index in [9.17, 15) is 4.79 Å². The van der Waals surface area contributed by atoms with Crippen LogP contribution < -0.4 is 0 Å². The van der Waals surface area contributed by atoms with Crippen molar-refractivity contribution < 1.29 is 19.0 Å². The molecule has 4 nitrogen and oxygen atoms in total. The molecule has 1 aromatic carbocycles. The van der Waals surface area contributed by atoms with E-state index >= 15 is 0 Å². The third-order valence-corrected chi connectivity index (χ3v) is 4.14. The molecule has 0 atom stereocenters. The molecule has 0 unspecified atom stereocenters. The molecule has 0 aromatic heterocycles. The van der Waals surface area contributed by atoms with Crippen LogP contribution in [0.4, 0.5) is 0 Å². The minimum Gasteiger partial charge on any atom is -0.320 e. The van der Waals surface area contributed by atoms with Crippen LogP contribution in [-0.4, -0.2) is 31.6 Å². The molecule has 1 aromatic rings. The fourth-order valence-corrected chi connectivity index (χ4v) is 2.44. The van der Waals surface area contributed by atoms with Gasteiger partial charge in [0.05, 0.1) is 19.8 Å². The summed E-state index contributed by atoms with van der Waals surface area (Å²) in [5.41, 5.74) is 1.37. The first-order valence-corrected chi connectivity index (χ1v) is 6.82. The predicted molar refractivity (Wildman–Crippen MR) is 74.2 cm³/mol. The highest BCUT2D eigenvalue weighted by Gasteiger charge is 2.56. The highest BCUT2D eigenvalue weighted by atomic mass is 16.9. The Morgan fingerprint density at radius 2 is 1.75 bits per heavy atom. The summed E-state index contributed by atoms with van der Waals surface area (Å²) in [6.45, 7) is 7.26. The number of hydrogen-bond donors (Lipinski definition) is 0. The fourth-order valence-electron chi connectivity index (χ4n) is 2.44. The maximum absolute atomic E-state index is 12.6. The number of carbonyl (C=O) groups is 1. The van der Waals surface area contributed by atoms with E-state index in [-0.39, 0.29) is 11.2 Å². The Labute approximate surface area is 118 Å². The average molecular weight is 274 g/mol. The van der Waals surface area contributed by atoms with E-state index < -0.39 is 5.97 Å². The summed E-state index contributed by atoms with van der Waals surface area (Å²) in [4.78, 5) is 12.6. The first kappa shape index (κ1) is 13.5.